The average molecular weight is 594 g/mol. The van der Waals surface area contributed by atoms with Crippen LogP contribution in [0.4, 0.5) is 17.1 Å². The highest BCUT2D eigenvalue weighted by molar-refractivity contribution is 6.06. The Morgan fingerprint density at radius 3 is 2.43 bits per heavy atom. The average Bonchev–Trinajstić information content (AvgIpc) is 3.03. The lowest BCUT2D eigenvalue weighted by molar-refractivity contribution is 0.0546. The fourth-order valence-electron chi connectivity index (χ4n) is 5.50. The van der Waals surface area contributed by atoms with Crippen LogP contribution in [0.5, 0.6) is 0 Å². The van der Waals surface area contributed by atoms with E-state index >= 15 is 0 Å². The molecule has 3 aromatic carbocycles. The van der Waals surface area contributed by atoms with Crippen LogP contribution in [0.25, 0.3) is 11.3 Å². The topological polar surface area (TPSA) is 117 Å². The molecule has 0 radical (unpaired) electrons. The van der Waals surface area contributed by atoms with Crippen molar-refractivity contribution in [1.82, 2.24) is 14.7 Å². The molecule has 0 aliphatic carbocycles. The quantitative estimate of drug-likeness (QED) is 0.230. The molecule has 0 atom stereocenters. The van der Waals surface area contributed by atoms with E-state index in [9.17, 15) is 19.5 Å². The molecule has 0 bridgehead atoms. The summed E-state index contributed by atoms with van der Waals surface area (Å²) >= 11 is 0. The predicted molar refractivity (Wildman–Crippen MR) is 174 cm³/mol. The second kappa shape index (κ2) is 13.7. The van der Waals surface area contributed by atoms with Gasteiger partial charge in [0.05, 0.1) is 11.8 Å². The zero-order valence-corrected chi connectivity index (χ0v) is 25.5. The van der Waals surface area contributed by atoms with Gasteiger partial charge in [-0.3, -0.25) is 14.4 Å². The highest BCUT2D eigenvalue weighted by atomic mass is 16.3. The molecule has 228 valence electrons. The van der Waals surface area contributed by atoms with Crippen molar-refractivity contribution in [3.8, 4) is 11.3 Å². The zero-order valence-electron chi connectivity index (χ0n) is 25.5. The Hall–Kier alpha value is -4.76. The molecule has 9 heteroatoms. The third-order valence-corrected chi connectivity index (χ3v) is 8.15. The van der Waals surface area contributed by atoms with Gasteiger partial charge in [-0.2, -0.15) is 5.10 Å². The summed E-state index contributed by atoms with van der Waals surface area (Å²) in [7, 11) is 1.60. The molecule has 1 fully saturated rings. The number of likely N-dealkylation sites (tertiary alicyclic amines) is 1. The fourth-order valence-corrected chi connectivity index (χ4v) is 5.50. The van der Waals surface area contributed by atoms with Crippen LogP contribution in [0, 0.1) is 6.92 Å². The maximum absolute atomic E-state index is 13.3. The van der Waals surface area contributed by atoms with E-state index in [2.05, 4.69) is 22.7 Å². The van der Waals surface area contributed by atoms with Crippen LogP contribution in [0.15, 0.2) is 77.6 Å². The van der Waals surface area contributed by atoms with Gasteiger partial charge in [-0.05, 0) is 86.2 Å². The number of hydrogen-bond donors (Lipinski definition) is 3. The van der Waals surface area contributed by atoms with Crippen molar-refractivity contribution in [2.75, 3.05) is 23.7 Å². The van der Waals surface area contributed by atoms with Crippen LogP contribution >= 0.6 is 0 Å². The standard InChI is InChI=1S/C35H39N5O4/c1-4-5-9-24-10-6-7-11-29(24)33(42)37-30-13-8-12-28(23(30)2)31-22-32(35(44)39(3)38-31)36-26-16-14-25(15-17-26)34(43)40-20-18-27(41)19-21-40/h6-8,10-17,22,27,36,41H,4-5,9,18-21H2,1-3H3,(H,37,42). The lowest BCUT2D eigenvalue weighted by Crippen LogP contribution is -2.40. The number of rotatable bonds is 9. The van der Waals surface area contributed by atoms with Gasteiger partial charge in [0.15, 0.2) is 0 Å². The van der Waals surface area contributed by atoms with Crippen molar-refractivity contribution in [3.05, 3.63) is 105 Å². The molecule has 1 aromatic heterocycles. The number of aliphatic hydroxyl groups is 1. The lowest BCUT2D eigenvalue weighted by atomic mass is 10.0. The maximum atomic E-state index is 13.3. The first kappa shape index (κ1) is 30.7. The summed E-state index contributed by atoms with van der Waals surface area (Å²) in [5, 5.41) is 20.5. The number of aliphatic hydroxyl groups excluding tert-OH is 1. The Morgan fingerprint density at radius 2 is 1.70 bits per heavy atom. The minimum atomic E-state index is -0.346. The number of anilines is 3. The van der Waals surface area contributed by atoms with Gasteiger partial charge in [0.1, 0.15) is 5.69 Å². The summed E-state index contributed by atoms with van der Waals surface area (Å²) < 4.78 is 1.29. The molecule has 1 aliphatic rings. The number of aryl methyl sites for hydroxylation is 2. The molecule has 3 N–H and O–H groups in total. The van der Waals surface area contributed by atoms with Gasteiger partial charge >= 0.3 is 0 Å². The summed E-state index contributed by atoms with van der Waals surface area (Å²) in [5.41, 5.74) is 5.80. The van der Waals surface area contributed by atoms with Crippen molar-refractivity contribution < 1.29 is 14.7 Å². The highest BCUT2D eigenvalue weighted by Gasteiger charge is 2.22. The van der Waals surface area contributed by atoms with Crippen LogP contribution in [0.1, 0.15) is 64.4 Å². The van der Waals surface area contributed by atoms with E-state index < -0.39 is 0 Å². The molecule has 1 aliphatic heterocycles. The van der Waals surface area contributed by atoms with Crippen molar-refractivity contribution in [3.63, 3.8) is 0 Å². The number of unbranched alkanes of at least 4 members (excludes halogenated alkanes) is 1. The summed E-state index contributed by atoms with van der Waals surface area (Å²) in [6.07, 6.45) is 3.74. The van der Waals surface area contributed by atoms with Crippen molar-refractivity contribution in [2.24, 2.45) is 7.05 Å². The van der Waals surface area contributed by atoms with Crippen LogP contribution in [0.3, 0.4) is 0 Å². The number of nitrogens with one attached hydrogen (secondary N) is 2. The van der Waals surface area contributed by atoms with Gasteiger partial charge < -0.3 is 20.6 Å². The first-order chi connectivity index (χ1) is 21.2. The fraction of sp³-hybridized carbons (Fsp3) is 0.314. The Balaban J connectivity index is 1.36. The number of piperidine rings is 1. The van der Waals surface area contributed by atoms with E-state index in [0.717, 1.165) is 36.0 Å². The molecular weight excluding hydrogens is 554 g/mol. The van der Waals surface area contributed by atoms with Gasteiger partial charge in [0, 0.05) is 48.2 Å². The smallest absolute Gasteiger partial charge is 0.290 e. The highest BCUT2D eigenvalue weighted by Crippen LogP contribution is 2.29. The van der Waals surface area contributed by atoms with Gasteiger partial charge in [0.25, 0.3) is 17.4 Å². The molecule has 0 spiro atoms. The summed E-state index contributed by atoms with van der Waals surface area (Å²) in [6, 6.07) is 22.0. The zero-order chi connectivity index (χ0) is 31.2. The molecular formula is C35H39N5O4. The monoisotopic (exact) mass is 593 g/mol. The lowest BCUT2D eigenvalue weighted by Gasteiger charge is -2.29. The Labute approximate surface area is 257 Å². The number of aromatic nitrogens is 2. The number of nitrogens with zero attached hydrogens (tertiary/aromatic N) is 3. The molecule has 0 saturated carbocycles. The molecule has 1 saturated heterocycles. The predicted octanol–water partition coefficient (Wildman–Crippen LogP) is 5.69. The Bertz CT molecular complexity index is 1710. The maximum Gasteiger partial charge on any atom is 0.290 e. The number of benzene rings is 3. The van der Waals surface area contributed by atoms with Crippen molar-refractivity contribution >= 4 is 28.9 Å². The number of carbonyl (C=O) groups excluding carboxylic acids is 2. The summed E-state index contributed by atoms with van der Waals surface area (Å²) in [5.74, 6) is -0.231. The van der Waals surface area contributed by atoms with Crippen LogP contribution in [-0.4, -0.2) is 50.8 Å². The van der Waals surface area contributed by atoms with Gasteiger partial charge in [-0.1, -0.05) is 43.7 Å². The Kier molecular flexibility index (Phi) is 9.55. The molecule has 9 nitrogen and oxygen atoms in total. The van der Waals surface area contributed by atoms with Gasteiger partial charge in [0.2, 0.25) is 0 Å². The van der Waals surface area contributed by atoms with Crippen molar-refractivity contribution in [1.29, 1.82) is 0 Å². The van der Waals surface area contributed by atoms with E-state index in [4.69, 9.17) is 0 Å². The minimum Gasteiger partial charge on any atom is -0.393 e. The Morgan fingerprint density at radius 1 is 0.977 bits per heavy atom. The third-order valence-electron chi connectivity index (χ3n) is 8.15. The molecule has 0 unspecified atom stereocenters. The van der Waals surface area contributed by atoms with Gasteiger partial charge in [-0.15, -0.1) is 0 Å². The first-order valence-corrected chi connectivity index (χ1v) is 15.2. The molecule has 4 aromatic rings. The normalized spacial score (nSPS) is 13.5. The van der Waals surface area contributed by atoms with E-state index in [0.29, 0.717) is 59.8 Å². The second-order valence-corrected chi connectivity index (χ2v) is 11.3. The van der Waals surface area contributed by atoms with E-state index in [1.165, 1.54) is 4.68 Å². The van der Waals surface area contributed by atoms with Crippen molar-refractivity contribution in [2.45, 2.75) is 52.1 Å². The summed E-state index contributed by atoms with van der Waals surface area (Å²) in [6.45, 7) is 5.13. The molecule has 5 rings (SSSR count). The SMILES string of the molecule is CCCCc1ccccc1C(=O)Nc1cccc(-c2cc(Nc3ccc(C(=O)N4CCC(O)CC4)cc3)c(=O)n(C)n2)c1C. The minimum absolute atomic E-state index is 0.0718. The number of carbonyl (C=O) groups is 2. The first-order valence-electron chi connectivity index (χ1n) is 15.2. The van der Waals surface area contributed by atoms with E-state index in [-0.39, 0.29) is 23.5 Å². The molecule has 2 heterocycles. The number of hydrogen-bond acceptors (Lipinski definition) is 6. The molecule has 2 amide bonds. The molecule has 44 heavy (non-hydrogen) atoms. The second-order valence-electron chi connectivity index (χ2n) is 11.3. The summed E-state index contributed by atoms with van der Waals surface area (Å²) in [4.78, 5) is 41.0. The number of amides is 2. The van der Waals surface area contributed by atoms with Gasteiger partial charge in [-0.25, -0.2) is 4.68 Å². The largest absolute Gasteiger partial charge is 0.393 e. The van der Waals surface area contributed by atoms with E-state index in [1.54, 1.807) is 42.3 Å². The van der Waals surface area contributed by atoms with E-state index in [1.807, 2.05) is 49.4 Å². The van der Waals surface area contributed by atoms with Crippen LogP contribution in [-0.2, 0) is 13.5 Å². The van der Waals surface area contributed by atoms with Crippen LogP contribution in [0.2, 0.25) is 0 Å². The van der Waals surface area contributed by atoms with Crippen LogP contribution < -0.4 is 16.2 Å². The third kappa shape index (κ3) is 6.89.